The number of carbonyl (C=O) groups excluding carboxylic acids is 2. The summed E-state index contributed by atoms with van der Waals surface area (Å²) in [6, 6.07) is 0. The monoisotopic (exact) mass is 380 g/mol. The lowest BCUT2D eigenvalue weighted by Gasteiger charge is -2.32. The number of fused-ring (bicyclic) bond motifs is 1. The number of allylic oxidation sites excluding steroid dienone is 1. The van der Waals surface area contributed by atoms with E-state index < -0.39 is 23.4 Å². The topological polar surface area (TPSA) is 125 Å². The third-order valence-corrected chi connectivity index (χ3v) is 3.61. The molecule has 1 aromatic rings. The maximum atomic E-state index is 13.1. The van der Waals surface area contributed by atoms with Crippen LogP contribution in [0.1, 0.15) is 47.3 Å². The highest BCUT2D eigenvalue weighted by Gasteiger charge is 2.40. The van der Waals surface area contributed by atoms with Crippen molar-refractivity contribution in [3.05, 3.63) is 28.8 Å². The number of carboxylic acid groups (broad SMARTS) is 1. The third-order valence-electron chi connectivity index (χ3n) is 3.61. The highest BCUT2D eigenvalue weighted by molar-refractivity contribution is 6.12. The maximum absolute atomic E-state index is 13.1. The average Bonchev–Trinajstić information content (AvgIpc) is 2.87. The number of amides is 1. The number of aliphatic hydroxyl groups is 1. The zero-order valence-corrected chi connectivity index (χ0v) is 16.0. The van der Waals surface area contributed by atoms with Gasteiger partial charge in [0.05, 0.1) is 19.7 Å². The lowest BCUT2D eigenvalue weighted by Crippen LogP contribution is -2.42. The summed E-state index contributed by atoms with van der Waals surface area (Å²) >= 11 is 0. The van der Waals surface area contributed by atoms with Crippen molar-refractivity contribution in [2.24, 2.45) is 0 Å². The number of ketones is 1. The van der Waals surface area contributed by atoms with Crippen molar-refractivity contribution in [3.8, 4) is 0 Å². The lowest BCUT2D eigenvalue weighted by molar-refractivity contribution is 0.0277. The van der Waals surface area contributed by atoms with E-state index in [1.165, 1.54) is 6.20 Å². The minimum atomic E-state index is -1.32. The van der Waals surface area contributed by atoms with E-state index in [1.54, 1.807) is 39.8 Å². The molecule has 2 rings (SSSR count). The minimum Gasteiger partial charge on any atom is -0.476 e. The molecule has 2 heterocycles. The van der Waals surface area contributed by atoms with Crippen molar-refractivity contribution < 1.29 is 29.3 Å². The molecule has 0 fully saturated rings. The van der Waals surface area contributed by atoms with Crippen LogP contribution in [0.4, 0.5) is 4.79 Å². The highest BCUT2D eigenvalue weighted by atomic mass is 16.6. The predicted molar refractivity (Wildman–Crippen MR) is 94.1 cm³/mol. The van der Waals surface area contributed by atoms with Gasteiger partial charge in [0.25, 0.3) is 0 Å². The van der Waals surface area contributed by atoms with E-state index in [0.717, 1.165) is 9.58 Å². The number of rotatable bonds is 4. The second-order valence-electron chi connectivity index (χ2n) is 7.30. The van der Waals surface area contributed by atoms with Crippen LogP contribution in [0.5, 0.6) is 0 Å². The molecule has 1 amide bonds. The van der Waals surface area contributed by atoms with Crippen LogP contribution in [0.25, 0.3) is 0 Å². The third kappa shape index (κ3) is 4.27. The Morgan fingerprint density at radius 1 is 1.33 bits per heavy atom. The van der Waals surface area contributed by atoms with Gasteiger partial charge in [0, 0.05) is 25.9 Å². The van der Waals surface area contributed by atoms with Crippen LogP contribution in [-0.4, -0.2) is 73.9 Å². The zero-order valence-electron chi connectivity index (χ0n) is 16.0. The van der Waals surface area contributed by atoms with Gasteiger partial charge in [-0.05, 0) is 20.8 Å². The Morgan fingerprint density at radius 2 is 1.96 bits per heavy atom. The Morgan fingerprint density at radius 3 is 2.44 bits per heavy atom. The molecule has 0 saturated carbocycles. The van der Waals surface area contributed by atoms with Gasteiger partial charge in [-0.25, -0.2) is 9.59 Å². The number of ether oxygens (including phenoxy) is 1. The Balaban J connectivity index is 2.62. The molecule has 0 unspecified atom stereocenters. The van der Waals surface area contributed by atoms with E-state index in [-0.39, 0.29) is 42.3 Å². The van der Waals surface area contributed by atoms with Crippen molar-refractivity contribution in [1.82, 2.24) is 19.6 Å². The number of aromatic carboxylic acids is 1. The van der Waals surface area contributed by atoms with E-state index in [1.807, 2.05) is 0 Å². The highest BCUT2D eigenvalue weighted by Crippen LogP contribution is 2.30. The molecule has 1 aliphatic rings. The molecule has 10 heteroatoms. The summed E-state index contributed by atoms with van der Waals surface area (Å²) in [5.41, 5.74) is -0.917. The largest absolute Gasteiger partial charge is 0.476 e. The van der Waals surface area contributed by atoms with Crippen molar-refractivity contribution in [2.45, 2.75) is 39.5 Å². The molecule has 0 atom stereocenters. The minimum absolute atomic E-state index is 0.0387. The number of Topliss-reactive ketones (excluding diaryl/α,β-unsaturated/α-hetero) is 1. The van der Waals surface area contributed by atoms with Crippen LogP contribution in [0.2, 0.25) is 0 Å². The second kappa shape index (κ2) is 7.39. The number of carboxylic acids is 1. The van der Waals surface area contributed by atoms with E-state index >= 15 is 0 Å². The van der Waals surface area contributed by atoms with Gasteiger partial charge in [-0.15, -0.1) is 0 Å². The normalized spacial score (nSPS) is 15.7. The molecule has 0 radical (unpaired) electrons. The first-order valence-electron chi connectivity index (χ1n) is 8.33. The molecule has 1 aliphatic heterocycles. The summed E-state index contributed by atoms with van der Waals surface area (Å²) in [7, 11) is 3.38. The van der Waals surface area contributed by atoms with Crippen molar-refractivity contribution >= 4 is 17.8 Å². The summed E-state index contributed by atoms with van der Waals surface area (Å²) < 4.78 is 6.53. The zero-order chi connectivity index (χ0) is 20.5. The van der Waals surface area contributed by atoms with Crippen LogP contribution in [0, 0.1) is 0 Å². The Hall–Kier alpha value is -2.88. The predicted octanol–water partition coefficient (Wildman–Crippen LogP) is 0.910. The molecule has 0 spiro atoms. The van der Waals surface area contributed by atoms with Gasteiger partial charge in [0.15, 0.2) is 5.69 Å². The molecule has 27 heavy (non-hydrogen) atoms. The molecule has 0 saturated heterocycles. The van der Waals surface area contributed by atoms with Crippen LogP contribution >= 0.6 is 0 Å². The number of hydrogen-bond acceptors (Lipinski definition) is 7. The van der Waals surface area contributed by atoms with Crippen molar-refractivity contribution in [3.63, 3.8) is 0 Å². The molecule has 0 aromatic carbocycles. The average molecular weight is 380 g/mol. The fourth-order valence-electron chi connectivity index (χ4n) is 2.67. The van der Waals surface area contributed by atoms with Crippen LogP contribution in [0.15, 0.2) is 11.9 Å². The van der Waals surface area contributed by atoms with Crippen molar-refractivity contribution in [2.75, 3.05) is 20.7 Å². The summed E-state index contributed by atoms with van der Waals surface area (Å²) in [6.07, 6.45) is 0.701. The van der Waals surface area contributed by atoms with Crippen LogP contribution in [0.3, 0.4) is 0 Å². The number of nitrogens with zero attached hydrogens (tertiary/aromatic N) is 4. The summed E-state index contributed by atoms with van der Waals surface area (Å²) in [5, 5.41) is 22.6. The first-order valence-corrected chi connectivity index (χ1v) is 8.33. The van der Waals surface area contributed by atoms with Crippen LogP contribution < -0.4 is 0 Å². The molecule has 0 bridgehead atoms. The van der Waals surface area contributed by atoms with E-state index in [4.69, 9.17) is 4.74 Å². The molecule has 1 aromatic heterocycles. The van der Waals surface area contributed by atoms with Gasteiger partial charge < -0.3 is 19.8 Å². The summed E-state index contributed by atoms with van der Waals surface area (Å²) in [4.78, 5) is 40.0. The molecular formula is C17H24N4O6. The fourth-order valence-corrected chi connectivity index (χ4v) is 2.67. The molecule has 10 nitrogen and oxygen atoms in total. The first-order chi connectivity index (χ1) is 12.5. The smallest absolute Gasteiger partial charge is 0.415 e. The summed E-state index contributed by atoms with van der Waals surface area (Å²) in [5.74, 6) is -1.89. The molecule has 2 N–H and O–H groups in total. The Bertz CT molecular complexity index is 803. The standard InChI is InChI=1S/C17H24N4O6/c1-17(2,3)27-16(26)20-8-10-12(15(24)25)18-21(6-7-22)13(10)14(23)11(20)9-19(4)5/h9,22H,6-8H2,1-5H3,(H,24,25)/b11-9+. The van der Waals surface area contributed by atoms with Gasteiger partial charge in [-0.2, -0.15) is 5.10 Å². The quantitative estimate of drug-likeness (QED) is 0.739. The van der Waals surface area contributed by atoms with E-state index in [0.29, 0.717) is 0 Å². The Kier molecular flexibility index (Phi) is 5.59. The maximum Gasteiger partial charge on any atom is 0.415 e. The van der Waals surface area contributed by atoms with Gasteiger partial charge >= 0.3 is 12.1 Å². The molecular weight excluding hydrogens is 356 g/mol. The number of aliphatic hydroxyl groups excluding tert-OH is 1. The fraction of sp³-hybridized carbons (Fsp3) is 0.529. The van der Waals surface area contributed by atoms with Gasteiger partial charge in [0.2, 0.25) is 5.78 Å². The summed E-state index contributed by atoms with van der Waals surface area (Å²) in [6.45, 7) is 4.55. The first kappa shape index (κ1) is 20.4. The second-order valence-corrected chi connectivity index (χ2v) is 7.30. The number of carbonyl (C=O) groups is 3. The van der Waals surface area contributed by atoms with Gasteiger partial charge in [-0.1, -0.05) is 0 Å². The van der Waals surface area contributed by atoms with Gasteiger partial charge in [-0.3, -0.25) is 14.4 Å². The SMILES string of the molecule is CN(C)/C=C1\C(=O)c2c(c(C(=O)O)nn2CCO)CN1C(=O)OC(C)(C)C. The number of hydrogen-bond donors (Lipinski definition) is 2. The Labute approximate surface area is 156 Å². The van der Waals surface area contributed by atoms with Gasteiger partial charge in [0.1, 0.15) is 17.0 Å². The lowest BCUT2D eigenvalue weighted by atomic mass is 10.0. The number of aromatic nitrogens is 2. The van der Waals surface area contributed by atoms with E-state index in [2.05, 4.69) is 5.10 Å². The van der Waals surface area contributed by atoms with Crippen LogP contribution in [-0.2, 0) is 17.8 Å². The molecule has 148 valence electrons. The van der Waals surface area contributed by atoms with Crippen molar-refractivity contribution in [1.29, 1.82) is 0 Å². The molecule has 0 aliphatic carbocycles. The van der Waals surface area contributed by atoms with E-state index in [9.17, 15) is 24.6 Å².